The van der Waals surface area contributed by atoms with Crippen LogP contribution in [0.1, 0.15) is 53.4 Å². The van der Waals surface area contributed by atoms with Crippen molar-refractivity contribution in [2.45, 2.75) is 30.7 Å². The molecule has 3 unspecified atom stereocenters. The molecule has 1 fully saturated rings. The number of ether oxygens (including phenoxy) is 5. The first-order valence-corrected chi connectivity index (χ1v) is 15.8. The molecule has 3 heterocycles. The van der Waals surface area contributed by atoms with Gasteiger partial charge in [0.1, 0.15) is 0 Å². The number of nitrogens with zero attached hydrogens (tertiary/aromatic N) is 4. The minimum absolute atomic E-state index is 0.0473. The second-order valence-corrected chi connectivity index (χ2v) is 11.2. The van der Waals surface area contributed by atoms with Crippen molar-refractivity contribution in [1.29, 1.82) is 0 Å². The van der Waals surface area contributed by atoms with E-state index in [0.717, 1.165) is 0 Å². The van der Waals surface area contributed by atoms with Crippen LogP contribution in [0.15, 0.2) is 140 Å². The lowest BCUT2D eigenvalue weighted by molar-refractivity contribution is -0.282. The third-order valence-corrected chi connectivity index (χ3v) is 7.87. The topological polar surface area (TPSA) is 158 Å². The van der Waals surface area contributed by atoms with Crippen molar-refractivity contribution in [2.75, 3.05) is 0 Å². The standard InChI is InChI=1S/C38H28N4O9/c43-33(24-14-5-1-6-15-24)47-28-29(48-34(44)25-16-7-2-8-17-25)31(49-35(45)26-18-9-3-10-19-26)37(51-36(46)27-20-11-4-12-21-27)50-30(28)32-40-38-39-22-13-23-42(38)41-32/h1-23,28-31,37H/t28-,29?,30?,31-,37?/m0/s1. The van der Waals surface area contributed by atoms with E-state index in [1.165, 1.54) is 59.2 Å². The van der Waals surface area contributed by atoms with Crippen molar-refractivity contribution >= 4 is 29.7 Å². The SMILES string of the molecule is O=C(OC1OC(c2nc3ncccn3n2)[C@@H](OC(=O)c2ccccc2)C(OC(=O)c2ccccc2)[C@@H]1OC(=O)c1ccccc1)c1ccccc1. The van der Waals surface area contributed by atoms with Crippen LogP contribution in [0.2, 0.25) is 0 Å². The van der Waals surface area contributed by atoms with Gasteiger partial charge in [0.25, 0.3) is 5.78 Å². The Balaban J connectivity index is 1.36. The maximum Gasteiger partial charge on any atom is 0.340 e. The molecule has 0 N–H and O–H groups in total. The second kappa shape index (κ2) is 14.8. The summed E-state index contributed by atoms with van der Waals surface area (Å²) < 4.78 is 31.7. The largest absolute Gasteiger partial charge is 0.451 e. The molecule has 1 aliphatic rings. The number of rotatable bonds is 9. The predicted molar refractivity (Wildman–Crippen MR) is 177 cm³/mol. The fourth-order valence-electron chi connectivity index (χ4n) is 5.42. The molecular formula is C38H28N4O9. The van der Waals surface area contributed by atoms with Gasteiger partial charge in [0.15, 0.2) is 24.1 Å². The number of aromatic nitrogens is 4. The Bertz CT molecular complexity index is 2110. The Kier molecular flexibility index (Phi) is 9.52. The second-order valence-electron chi connectivity index (χ2n) is 11.2. The number of hydrogen-bond acceptors (Lipinski definition) is 12. The summed E-state index contributed by atoms with van der Waals surface area (Å²) in [5.41, 5.74) is 0.627. The first-order valence-electron chi connectivity index (χ1n) is 15.8. The highest BCUT2D eigenvalue weighted by Gasteiger charge is 2.56. The molecule has 0 aliphatic carbocycles. The molecule has 13 heteroatoms. The lowest BCUT2D eigenvalue weighted by atomic mass is 9.96. The fraction of sp³-hybridized carbons (Fsp3) is 0.132. The molecule has 51 heavy (non-hydrogen) atoms. The van der Waals surface area contributed by atoms with E-state index in [-0.39, 0.29) is 33.9 Å². The Morgan fingerprint density at radius 2 is 0.961 bits per heavy atom. The molecule has 0 saturated carbocycles. The number of fused-ring (bicyclic) bond motifs is 1. The summed E-state index contributed by atoms with van der Waals surface area (Å²) in [7, 11) is 0. The smallest absolute Gasteiger partial charge is 0.340 e. The minimum atomic E-state index is -1.73. The van der Waals surface area contributed by atoms with Crippen molar-refractivity contribution in [3.8, 4) is 0 Å². The average molecular weight is 685 g/mol. The third kappa shape index (κ3) is 7.33. The summed E-state index contributed by atoms with van der Waals surface area (Å²) in [6, 6.07) is 33.9. The number of benzene rings is 4. The fourth-order valence-corrected chi connectivity index (χ4v) is 5.42. The quantitative estimate of drug-likeness (QED) is 0.148. The van der Waals surface area contributed by atoms with E-state index in [0.29, 0.717) is 0 Å². The van der Waals surface area contributed by atoms with Crippen molar-refractivity contribution in [1.82, 2.24) is 19.6 Å². The van der Waals surface area contributed by atoms with Crippen LogP contribution in [0.4, 0.5) is 0 Å². The Morgan fingerprint density at radius 1 is 0.529 bits per heavy atom. The molecule has 1 saturated heterocycles. The third-order valence-electron chi connectivity index (χ3n) is 7.87. The lowest BCUT2D eigenvalue weighted by Crippen LogP contribution is -2.59. The minimum Gasteiger partial charge on any atom is -0.451 e. The number of carbonyl (C=O) groups is 4. The maximum atomic E-state index is 13.8. The van der Waals surface area contributed by atoms with Gasteiger partial charge in [0, 0.05) is 12.4 Å². The highest BCUT2D eigenvalue weighted by molar-refractivity contribution is 5.92. The highest BCUT2D eigenvalue weighted by Crippen LogP contribution is 2.38. The number of hydrogen-bond donors (Lipinski definition) is 0. The van der Waals surface area contributed by atoms with E-state index in [9.17, 15) is 19.2 Å². The van der Waals surface area contributed by atoms with E-state index in [1.54, 1.807) is 85.1 Å². The maximum absolute atomic E-state index is 13.8. The zero-order valence-electron chi connectivity index (χ0n) is 26.6. The molecule has 2 aromatic heterocycles. The van der Waals surface area contributed by atoms with Crippen LogP contribution < -0.4 is 0 Å². The van der Waals surface area contributed by atoms with Gasteiger partial charge < -0.3 is 23.7 Å². The van der Waals surface area contributed by atoms with Crippen molar-refractivity contribution in [3.05, 3.63) is 168 Å². The Hall–Kier alpha value is -6.73. The molecule has 0 bridgehead atoms. The lowest BCUT2D eigenvalue weighted by Gasteiger charge is -2.43. The zero-order valence-corrected chi connectivity index (χ0v) is 26.6. The molecule has 6 aromatic rings. The average Bonchev–Trinajstić information content (AvgIpc) is 3.62. The van der Waals surface area contributed by atoms with Crippen LogP contribution in [0.25, 0.3) is 5.78 Å². The summed E-state index contributed by atoms with van der Waals surface area (Å²) in [5, 5.41) is 4.48. The van der Waals surface area contributed by atoms with Crippen LogP contribution in [0, 0.1) is 0 Å². The normalized spacial score (nSPS) is 19.8. The zero-order chi connectivity index (χ0) is 35.2. The highest BCUT2D eigenvalue weighted by atomic mass is 16.7. The van der Waals surface area contributed by atoms with Crippen LogP contribution in [-0.4, -0.2) is 68.1 Å². The molecule has 0 amide bonds. The van der Waals surface area contributed by atoms with Gasteiger partial charge >= 0.3 is 23.9 Å². The first-order chi connectivity index (χ1) is 24.9. The Morgan fingerprint density at radius 3 is 1.43 bits per heavy atom. The molecule has 13 nitrogen and oxygen atoms in total. The van der Waals surface area contributed by atoms with Gasteiger partial charge in [0.05, 0.1) is 22.3 Å². The van der Waals surface area contributed by atoms with Crippen LogP contribution in [-0.2, 0) is 23.7 Å². The summed E-state index contributed by atoms with van der Waals surface area (Å²) in [6.07, 6.45) is -4.91. The van der Waals surface area contributed by atoms with E-state index in [4.69, 9.17) is 23.7 Å². The van der Waals surface area contributed by atoms with E-state index < -0.39 is 54.6 Å². The predicted octanol–water partition coefficient (Wildman–Crippen LogP) is 5.06. The van der Waals surface area contributed by atoms with E-state index in [2.05, 4.69) is 15.1 Å². The van der Waals surface area contributed by atoms with Gasteiger partial charge in [-0.25, -0.2) is 28.7 Å². The molecule has 5 atom stereocenters. The summed E-state index contributed by atoms with van der Waals surface area (Å²) in [4.78, 5) is 63.3. The van der Waals surface area contributed by atoms with Crippen molar-refractivity contribution < 1.29 is 42.9 Å². The van der Waals surface area contributed by atoms with Gasteiger partial charge in [-0.3, -0.25) is 0 Å². The van der Waals surface area contributed by atoms with Crippen LogP contribution in [0.5, 0.6) is 0 Å². The van der Waals surface area contributed by atoms with E-state index in [1.807, 2.05) is 0 Å². The summed E-state index contributed by atoms with van der Waals surface area (Å²) >= 11 is 0. The molecular weight excluding hydrogens is 656 g/mol. The van der Waals surface area contributed by atoms with Gasteiger partial charge in [-0.15, -0.1) is 5.10 Å². The van der Waals surface area contributed by atoms with Crippen molar-refractivity contribution in [3.63, 3.8) is 0 Å². The summed E-state index contributed by atoms with van der Waals surface area (Å²) in [6.45, 7) is 0. The number of esters is 4. The van der Waals surface area contributed by atoms with Gasteiger partial charge in [-0.05, 0) is 54.6 Å². The molecule has 0 radical (unpaired) electrons. The first kappa shape index (κ1) is 32.8. The van der Waals surface area contributed by atoms with E-state index >= 15 is 0 Å². The van der Waals surface area contributed by atoms with Gasteiger partial charge in [0.2, 0.25) is 12.4 Å². The van der Waals surface area contributed by atoms with Gasteiger partial charge in [-0.1, -0.05) is 72.8 Å². The number of carbonyl (C=O) groups excluding carboxylic acids is 4. The Labute approximate surface area is 290 Å². The van der Waals surface area contributed by atoms with Gasteiger partial charge in [-0.2, -0.15) is 4.98 Å². The van der Waals surface area contributed by atoms with Crippen molar-refractivity contribution in [2.24, 2.45) is 0 Å². The van der Waals surface area contributed by atoms with Crippen LogP contribution >= 0.6 is 0 Å². The summed E-state index contributed by atoms with van der Waals surface area (Å²) in [5.74, 6) is -3.22. The molecule has 1 aliphatic heterocycles. The molecule has 4 aromatic carbocycles. The van der Waals surface area contributed by atoms with Crippen LogP contribution in [0.3, 0.4) is 0 Å². The molecule has 0 spiro atoms. The molecule has 7 rings (SSSR count). The monoisotopic (exact) mass is 684 g/mol. The molecule has 254 valence electrons.